The van der Waals surface area contributed by atoms with Gasteiger partial charge in [0.15, 0.2) is 0 Å². The molecule has 0 bridgehead atoms. The first-order chi connectivity index (χ1) is 13.4. The van der Waals surface area contributed by atoms with Crippen LogP contribution in [0.5, 0.6) is 0 Å². The van der Waals surface area contributed by atoms with Crippen molar-refractivity contribution in [3.63, 3.8) is 0 Å². The van der Waals surface area contributed by atoms with Gasteiger partial charge < -0.3 is 20.4 Å². The molecular weight excluding hydrogens is 376 g/mol. The first kappa shape index (κ1) is 20.8. The van der Waals surface area contributed by atoms with E-state index in [9.17, 15) is 15.0 Å². The minimum Gasteiger partial charge on any atom is -0.388 e. The molecule has 28 heavy (non-hydrogen) atoms. The molecule has 1 aliphatic heterocycles. The van der Waals surface area contributed by atoms with Crippen LogP contribution in [0.4, 0.5) is 0 Å². The number of carbonyl (C=O) groups is 1. The fraction of sp³-hybridized carbons (Fsp3) is 0.409. The van der Waals surface area contributed by atoms with Crippen molar-refractivity contribution < 1.29 is 15.0 Å². The van der Waals surface area contributed by atoms with Crippen LogP contribution in [0, 0.1) is 6.92 Å². The Morgan fingerprint density at radius 3 is 2.64 bits per heavy atom. The summed E-state index contributed by atoms with van der Waals surface area (Å²) in [5, 5.41) is 25.2. The highest BCUT2D eigenvalue weighted by molar-refractivity contribution is 6.30. The molecular formula is C22H27ClN2O3. The fourth-order valence-electron chi connectivity index (χ4n) is 3.55. The van der Waals surface area contributed by atoms with E-state index in [1.54, 1.807) is 29.2 Å². The Bertz CT molecular complexity index is 812. The smallest absolute Gasteiger partial charge is 0.253 e. The molecule has 2 aromatic rings. The summed E-state index contributed by atoms with van der Waals surface area (Å²) in [5.41, 5.74) is 1.81. The Morgan fingerprint density at radius 1 is 1.25 bits per heavy atom. The second-order valence-electron chi connectivity index (χ2n) is 7.48. The number of likely N-dealkylation sites (tertiary alicyclic amines) is 1. The molecule has 1 aliphatic rings. The maximum absolute atomic E-state index is 12.6. The number of amides is 1. The third-order valence-corrected chi connectivity index (χ3v) is 5.72. The fourth-order valence-corrected chi connectivity index (χ4v) is 3.68. The lowest BCUT2D eigenvalue weighted by Crippen LogP contribution is -2.60. The highest BCUT2D eigenvalue weighted by Crippen LogP contribution is 2.24. The average molecular weight is 403 g/mol. The summed E-state index contributed by atoms with van der Waals surface area (Å²) in [6.07, 6.45) is 0.189. The zero-order chi connectivity index (χ0) is 20.1. The molecule has 0 aromatic heterocycles. The molecule has 3 rings (SSSR count). The third kappa shape index (κ3) is 4.92. The summed E-state index contributed by atoms with van der Waals surface area (Å²) in [7, 11) is 0. The monoisotopic (exact) mass is 402 g/mol. The minimum absolute atomic E-state index is 0.109. The lowest BCUT2D eigenvalue weighted by Gasteiger charge is -2.42. The van der Waals surface area contributed by atoms with Gasteiger partial charge in [0.1, 0.15) is 11.7 Å². The number of hydrogen-bond acceptors (Lipinski definition) is 4. The quantitative estimate of drug-likeness (QED) is 0.649. The molecule has 1 fully saturated rings. The highest BCUT2D eigenvalue weighted by Gasteiger charge is 2.41. The molecule has 1 amide bonds. The van der Waals surface area contributed by atoms with Crippen LogP contribution < -0.4 is 5.32 Å². The first-order valence-electron chi connectivity index (χ1n) is 9.59. The van der Waals surface area contributed by atoms with Crippen LogP contribution in [0.3, 0.4) is 0 Å². The van der Waals surface area contributed by atoms with Gasteiger partial charge in [-0.1, -0.05) is 35.9 Å². The van der Waals surface area contributed by atoms with E-state index in [0.717, 1.165) is 6.42 Å². The Labute approximate surface area is 170 Å². The number of aliphatic hydroxyl groups is 2. The molecule has 0 spiro atoms. The van der Waals surface area contributed by atoms with Crippen LogP contribution in [0.25, 0.3) is 0 Å². The van der Waals surface area contributed by atoms with Crippen LogP contribution in [-0.4, -0.2) is 58.9 Å². The summed E-state index contributed by atoms with van der Waals surface area (Å²) in [6, 6.07) is 14.9. The van der Waals surface area contributed by atoms with Crippen molar-refractivity contribution >= 4 is 17.5 Å². The van der Waals surface area contributed by atoms with Gasteiger partial charge in [-0.2, -0.15) is 0 Å². The summed E-state index contributed by atoms with van der Waals surface area (Å²) >= 11 is 5.87. The second-order valence-corrected chi connectivity index (χ2v) is 7.92. The van der Waals surface area contributed by atoms with E-state index in [0.29, 0.717) is 36.6 Å². The molecule has 0 radical (unpaired) electrons. The number of nitrogens with zero attached hydrogens (tertiary/aromatic N) is 1. The van der Waals surface area contributed by atoms with Gasteiger partial charge in [0.25, 0.3) is 5.91 Å². The average Bonchev–Trinajstić information content (AvgIpc) is 2.69. The van der Waals surface area contributed by atoms with Gasteiger partial charge in [0.05, 0.1) is 0 Å². The van der Waals surface area contributed by atoms with Gasteiger partial charge in [-0.25, -0.2) is 0 Å². The molecule has 1 saturated heterocycles. The number of aliphatic hydroxyl groups excluding tert-OH is 1. The number of rotatable bonds is 6. The Hall–Kier alpha value is -1.92. The van der Waals surface area contributed by atoms with E-state index in [-0.39, 0.29) is 12.5 Å². The van der Waals surface area contributed by atoms with E-state index in [1.165, 1.54) is 11.1 Å². The van der Waals surface area contributed by atoms with Crippen molar-refractivity contribution in [2.45, 2.75) is 31.5 Å². The zero-order valence-corrected chi connectivity index (χ0v) is 16.8. The summed E-state index contributed by atoms with van der Waals surface area (Å²) < 4.78 is 0. The van der Waals surface area contributed by atoms with Gasteiger partial charge in [0.2, 0.25) is 0 Å². The number of benzene rings is 2. The lowest BCUT2D eigenvalue weighted by atomic mass is 9.88. The van der Waals surface area contributed by atoms with Crippen molar-refractivity contribution in [1.82, 2.24) is 10.2 Å². The number of nitrogens with one attached hydrogen (secondary N) is 1. The molecule has 0 saturated carbocycles. The van der Waals surface area contributed by atoms with Gasteiger partial charge in [0, 0.05) is 30.2 Å². The predicted octanol–water partition coefficient (Wildman–Crippen LogP) is 2.42. The van der Waals surface area contributed by atoms with Crippen LogP contribution in [0.2, 0.25) is 5.02 Å². The number of piperidine rings is 1. The van der Waals surface area contributed by atoms with Gasteiger partial charge in [-0.3, -0.25) is 4.79 Å². The molecule has 5 nitrogen and oxygen atoms in total. The lowest BCUT2D eigenvalue weighted by molar-refractivity contribution is -0.110. The van der Waals surface area contributed by atoms with Crippen molar-refractivity contribution in [2.24, 2.45) is 0 Å². The Morgan fingerprint density at radius 2 is 1.96 bits per heavy atom. The van der Waals surface area contributed by atoms with E-state index in [1.807, 2.05) is 12.1 Å². The van der Waals surface area contributed by atoms with Crippen LogP contribution >= 0.6 is 11.6 Å². The Kier molecular flexibility index (Phi) is 6.73. The summed E-state index contributed by atoms with van der Waals surface area (Å²) in [4.78, 5) is 14.2. The van der Waals surface area contributed by atoms with Crippen molar-refractivity contribution in [1.29, 1.82) is 0 Å². The maximum Gasteiger partial charge on any atom is 0.253 e. The van der Waals surface area contributed by atoms with Crippen molar-refractivity contribution in [3.05, 3.63) is 70.2 Å². The number of aryl methyl sites for hydroxylation is 1. The molecule has 2 atom stereocenters. The summed E-state index contributed by atoms with van der Waals surface area (Å²) in [5.74, 6) is -0.162. The van der Waals surface area contributed by atoms with E-state index in [4.69, 9.17) is 11.6 Å². The molecule has 0 unspecified atom stereocenters. The van der Waals surface area contributed by atoms with E-state index in [2.05, 4.69) is 24.4 Å². The predicted molar refractivity (Wildman–Crippen MR) is 111 cm³/mol. The SMILES string of the molecule is Cc1ccccc1CCNC[C@@]1(O)CCN(C(=O)c2ccc(Cl)cc2)C[C@@H]1O. The molecule has 6 heteroatoms. The topological polar surface area (TPSA) is 72.8 Å². The van der Waals surface area contributed by atoms with Crippen molar-refractivity contribution in [3.8, 4) is 0 Å². The largest absolute Gasteiger partial charge is 0.388 e. The zero-order valence-electron chi connectivity index (χ0n) is 16.1. The van der Waals surface area contributed by atoms with Crippen LogP contribution in [0.1, 0.15) is 27.9 Å². The third-order valence-electron chi connectivity index (χ3n) is 5.47. The number of halogens is 1. The van der Waals surface area contributed by atoms with Crippen LogP contribution in [0.15, 0.2) is 48.5 Å². The molecule has 150 valence electrons. The minimum atomic E-state index is -1.23. The standard InChI is InChI=1S/C22H27ClN2O3/c1-16-4-2-3-5-17(16)10-12-24-15-22(28)11-13-25(14-20(22)26)21(27)18-6-8-19(23)9-7-18/h2-9,20,24,26,28H,10-15H2,1H3/t20-,22-/m0/s1. The van der Waals surface area contributed by atoms with E-state index < -0.39 is 11.7 Å². The van der Waals surface area contributed by atoms with Gasteiger partial charge in [-0.15, -0.1) is 0 Å². The van der Waals surface area contributed by atoms with Crippen LogP contribution in [-0.2, 0) is 6.42 Å². The molecule has 3 N–H and O–H groups in total. The second kappa shape index (κ2) is 9.05. The normalized spacial score (nSPS) is 22.3. The molecule has 2 aromatic carbocycles. The summed E-state index contributed by atoms with van der Waals surface area (Å²) in [6.45, 7) is 3.60. The number of hydrogen-bond donors (Lipinski definition) is 3. The number of carbonyl (C=O) groups excluding carboxylic acids is 1. The highest BCUT2D eigenvalue weighted by atomic mass is 35.5. The van der Waals surface area contributed by atoms with Gasteiger partial charge >= 0.3 is 0 Å². The maximum atomic E-state index is 12.6. The molecule has 0 aliphatic carbocycles. The Balaban J connectivity index is 1.50. The first-order valence-corrected chi connectivity index (χ1v) is 9.97. The number of β-amino-alcohol motifs (C(OH)–C–C–N with tert-alkyl or cyclic N) is 1. The molecule has 1 heterocycles. The van der Waals surface area contributed by atoms with E-state index >= 15 is 0 Å². The van der Waals surface area contributed by atoms with Crippen molar-refractivity contribution in [2.75, 3.05) is 26.2 Å². The van der Waals surface area contributed by atoms with Gasteiger partial charge in [-0.05, 0) is 61.7 Å².